The zero-order valence-corrected chi connectivity index (χ0v) is 12.7. The third-order valence-electron chi connectivity index (χ3n) is 4.00. The highest BCUT2D eigenvalue weighted by atomic mass is 35.5. The van der Waals surface area contributed by atoms with Crippen LogP contribution in [0, 0.1) is 12.8 Å². The second kappa shape index (κ2) is 6.57. The summed E-state index contributed by atoms with van der Waals surface area (Å²) in [7, 11) is 0. The first-order chi connectivity index (χ1) is 9.51. The fourth-order valence-electron chi connectivity index (χ4n) is 2.68. The molecule has 2 rings (SSSR count). The molecule has 1 aliphatic rings. The molecule has 1 aromatic rings. The molecule has 20 heavy (non-hydrogen) atoms. The smallest absolute Gasteiger partial charge is 0.238 e. The lowest BCUT2D eigenvalue weighted by Gasteiger charge is -2.24. The fourth-order valence-corrected chi connectivity index (χ4v) is 2.85. The van der Waals surface area contributed by atoms with E-state index in [1.165, 1.54) is 0 Å². The van der Waals surface area contributed by atoms with Crippen LogP contribution in [0.4, 0.5) is 5.69 Å². The number of carbonyl (C=O) groups excluding carboxylic acids is 1. The fraction of sp³-hybridized carbons (Fsp3) is 0.533. The van der Waals surface area contributed by atoms with Crippen molar-refractivity contribution in [2.24, 2.45) is 5.92 Å². The van der Waals surface area contributed by atoms with Gasteiger partial charge in [0.05, 0.1) is 13.2 Å². The van der Waals surface area contributed by atoms with Gasteiger partial charge in [-0.3, -0.25) is 9.69 Å². The summed E-state index contributed by atoms with van der Waals surface area (Å²) < 4.78 is 0. The number of aryl methyl sites for hydroxylation is 1. The lowest BCUT2D eigenvalue weighted by Crippen LogP contribution is -2.40. The monoisotopic (exact) mass is 296 g/mol. The number of amides is 1. The molecule has 0 radical (unpaired) electrons. The molecule has 0 bridgehead atoms. The standard InChI is InChI=1S/C15H21ClN2O2/c1-10-3-4-12(16)7-13(10)17-15(20)8-18-6-5-11(2)14(18)9-19/h3-4,7,11,14,19H,5-6,8-9H2,1-2H3,(H,17,20). The first-order valence-electron chi connectivity index (χ1n) is 6.92. The summed E-state index contributed by atoms with van der Waals surface area (Å²) in [5, 5.41) is 12.9. The van der Waals surface area contributed by atoms with Crippen LogP contribution in [0.1, 0.15) is 18.9 Å². The third kappa shape index (κ3) is 3.51. The molecule has 2 N–H and O–H groups in total. The number of aliphatic hydroxyl groups excluding tert-OH is 1. The molecule has 1 saturated heterocycles. The Morgan fingerprint density at radius 1 is 1.55 bits per heavy atom. The van der Waals surface area contributed by atoms with Crippen LogP contribution in [-0.2, 0) is 4.79 Å². The van der Waals surface area contributed by atoms with Crippen molar-refractivity contribution >= 4 is 23.2 Å². The van der Waals surface area contributed by atoms with E-state index >= 15 is 0 Å². The molecule has 0 aromatic heterocycles. The van der Waals surface area contributed by atoms with Crippen molar-refractivity contribution in [3.8, 4) is 0 Å². The van der Waals surface area contributed by atoms with Gasteiger partial charge >= 0.3 is 0 Å². The normalized spacial score (nSPS) is 23.0. The van der Waals surface area contributed by atoms with Gasteiger partial charge in [-0.25, -0.2) is 0 Å². The Hall–Kier alpha value is -1.10. The summed E-state index contributed by atoms with van der Waals surface area (Å²) in [6, 6.07) is 5.52. The quantitative estimate of drug-likeness (QED) is 0.896. The van der Waals surface area contributed by atoms with Crippen molar-refractivity contribution in [2.45, 2.75) is 26.3 Å². The minimum absolute atomic E-state index is 0.0667. The Labute approximate surface area is 124 Å². The first kappa shape index (κ1) is 15.3. The predicted molar refractivity (Wildman–Crippen MR) is 81.0 cm³/mol. The van der Waals surface area contributed by atoms with Crippen LogP contribution < -0.4 is 5.32 Å². The number of nitrogens with zero attached hydrogens (tertiary/aromatic N) is 1. The maximum Gasteiger partial charge on any atom is 0.238 e. The maximum atomic E-state index is 12.1. The molecule has 1 amide bonds. The molecular formula is C15H21ClN2O2. The summed E-state index contributed by atoms with van der Waals surface area (Å²) in [6.45, 7) is 5.31. The van der Waals surface area contributed by atoms with Crippen LogP contribution in [-0.4, -0.2) is 41.7 Å². The summed E-state index contributed by atoms with van der Waals surface area (Å²) >= 11 is 5.94. The molecular weight excluding hydrogens is 276 g/mol. The zero-order chi connectivity index (χ0) is 14.7. The molecule has 1 heterocycles. The van der Waals surface area contributed by atoms with E-state index in [1.807, 2.05) is 17.9 Å². The topological polar surface area (TPSA) is 52.6 Å². The summed E-state index contributed by atoms with van der Waals surface area (Å²) in [5.41, 5.74) is 1.73. The van der Waals surface area contributed by atoms with Crippen LogP contribution in [0.2, 0.25) is 5.02 Å². The molecule has 0 spiro atoms. The number of nitrogens with one attached hydrogen (secondary N) is 1. The van der Waals surface area contributed by atoms with Crippen LogP contribution in [0.5, 0.6) is 0 Å². The van der Waals surface area contributed by atoms with E-state index in [4.69, 9.17) is 11.6 Å². The van der Waals surface area contributed by atoms with Gasteiger partial charge in [-0.2, -0.15) is 0 Å². The molecule has 4 nitrogen and oxygen atoms in total. The van der Waals surface area contributed by atoms with E-state index < -0.39 is 0 Å². The van der Waals surface area contributed by atoms with Gasteiger partial charge in [0.15, 0.2) is 0 Å². The number of anilines is 1. The Morgan fingerprint density at radius 3 is 3.00 bits per heavy atom. The van der Waals surface area contributed by atoms with Gasteiger partial charge in [-0.1, -0.05) is 24.6 Å². The van der Waals surface area contributed by atoms with E-state index in [2.05, 4.69) is 12.2 Å². The molecule has 110 valence electrons. The highest BCUT2D eigenvalue weighted by molar-refractivity contribution is 6.31. The van der Waals surface area contributed by atoms with E-state index in [0.29, 0.717) is 17.5 Å². The van der Waals surface area contributed by atoms with Gasteiger partial charge in [0.25, 0.3) is 0 Å². The third-order valence-corrected chi connectivity index (χ3v) is 4.24. The Bertz CT molecular complexity index is 493. The van der Waals surface area contributed by atoms with Crippen LogP contribution in [0.15, 0.2) is 18.2 Å². The van der Waals surface area contributed by atoms with Gasteiger partial charge in [-0.15, -0.1) is 0 Å². The minimum atomic E-state index is -0.0667. The first-order valence-corrected chi connectivity index (χ1v) is 7.30. The van der Waals surface area contributed by atoms with Crippen molar-refractivity contribution in [3.63, 3.8) is 0 Å². The number of rotatable bonds is 4. The van der Waals surface area contributed by atoms with Crippen molar-refractivity contribution in [2.75, 3.05) is 25.0 Å². The SMILES string of the molecule is Cc1ccc(Cl)cc1NC(=O)CN1CCC(C)C1CO. The van der Waals surface area contributed by atoms with Crippen molar-refractivity contribution in [1.29, 1.82) is 0 Å². The lowest BCUT2D eigenvalue weighted by atomic mass is 10.0. The zero-order valence-electron chi connectivity index (χ0n) is 11.9. The van der Waals surface area contributed by atoms with Crippen LogP contribution >= 0.6 is 11.6 Å². The van der Waals surface area contributed by atoms with E-state index in [1.54, 1.807) is 12.1 Å². The number of carbonyl (C=O) groups is 1. The molecule has 5 heteroatoms. The number of benzene rings is 1. The van der Waals surface area contributed by atoms with Crippen LogP contribution in [0.25, 0.3) is 0 Å². The predicted octanol–water partition coefficient (Wildman–Crippen LogP) is 2.29. The van der Waals surface area contributed by atoms with Gasteiger partial charge < -0.3 is 10.4 Å². The molecule has 0 saturated carbocycles. The van der Waals surface area contributed by atoms with Gasteiger partial charge in [-0.05, 0) is 43.5 Å². The van der Waals surface area contributed by atoms with Crippen molar-refractivity contribution in [1.82, 2.24) is 4.90 Å². The highest BCUT2D eigenvalue weighted by Crippen LogP contribution is 2.24. The average Bonchev–Trinajstić information content (AvgIpc) is 2.74. The highest BCUT2D eigenvalue weighted by Gasteiger charge is 2.31. The average molecular weight is 297 g/mol. The molecule has 2 atom stereocenters. The van der Waals surface area contributed by atoms with Gasteiger partial charge in [0.1, 0.15) is 0 Å². The largest absolute Gasteiger partial charge is 0.395 e. The van der Waals surface area contributed by atoms with E-state index in [9.17, 15) is 9.90 Å². The maximum absolute atomic E-state index is 12.1. The number of hydrogen-bond donors (Lipinski definition) is 2. The van der Waals surface area contributed by atoms with Gasteiger partial charge in [0, 0.05) is 16.8 Å². The summed E-state index contributed by atoms with van der Waals surface area (Å²) in [6.07, 6.45) is 1.02. The van der Waals surface area contributed by atoms with Crippen molar-refractivity contribution < 1.29 is 9.90 Å². The van der Waals surface area contributed by atoms with E-state index in [-0.39, 0.29) is 18.6 Å². The van der Waals surface area contributed by atoms with Crippen LogP contribution in [0.3, 0.4) is 0 Å². The second-order valence-electron chi connectivity index (χ2n) is 5.49. The van der Waals surface area contributed by atoms with E-state index in [0.717, 1.165) is 24.2 Å². The summed E-state index contributed by atoms with van der Waals surface area (Å²) in [4.78, 5) is 14.2. The molecule has 2 unspecified atom stereocenters. The number of hydrogen-bond acceptors (Lipinski definition) is 3. The molecule has 1 fully saturated rings. The summed E-state index contributed by atoms with van der Waals surface area (Å²) in [5.74, 6) is 0.364. The molecule has 1 aromatic carbocycles. The van der Waals surface area contributed by atoms with Gasteiger partial charge in [0.2, 0.25) is 5.91 Å². The number of halogens is 1. The number of aliphatic hydroxyl groups is 1. The molecule has 0 aliphatic carbocycles. The molecule has 1 aliphatic heterocycles. The number of likely N-dealkylation sites (tertiary alicyclic amines) is 1. The minimum Gasteiger partial charge on any atom is -0.395 e. The Kier molecular flexibility index (Phi) is 5.02. The van der Waals surface area contributed by atoms with Crippen molar-refractivity contribution in [3.05, 3.63) is 28.8 Å². The second-order valence-corrected chi connectivity index (χ2v) is 5.93. The Morgan fingerprint density at radius 2 is 2.30 bits per heavy atom. The lowest BCUT2D eigenvalue weighted by molar-refractivity contribution is -0.117. The Balaban J connectivity index is 1.97.